The van der Waals surface area contributed by atoms with Crippen LogP contribution in [0.1, 0.15) is 46.8 Å². The molecule has 1 aromatic carbocycles. The van der Waals surface area contributed by atoms with Crippen molar-refractivity contribution in [2.45, 2.75) is 32.7 Å². The summed E-state index contributed by atoms with van der Waals surface area (Å²) in [5.74, 6) is 2.96. The van der Waals surface area contributed by atoms with Gasteiger partial charge < -0.3 is 14.3 Å². The van der Waals surface area contributed by atoms with E-state index in [-0.39, 0.29) is 11.6 Å². The van der Waals surface area contributed by atoms with E-state index in [0.29, 0.717) is 23.9 Å². The second-order valence-electron chi connectivity index (χ2n) is 7.40. The summed E-state index contributed by atoms with van der Waals surface area (Å²) in [4.78, 5) is 28.9. The average molecular weight is 365 g/mol. The SMILES string of the molecule is Cc1c[nH]c(=O)n1-c1ccc(C(=O)N(C)Cc2ccc([C@H]3C[C@@H]3C)o2)cc1. The monoisotopic (exact) mass is 365 g/mol. The fourth-order valence-electron chi connectivity index (χ4n) is 3.45. The highest BCUT2D eigenvalue weighted by atomic mass is 16.3. The van der Waals surface area contributed by atoms with Crippen LogP contribution in [0.15, 0.2) is 51.8 Å². The zero-order valence-corrected chi connectivity index (χ0v) is 15.7. The molecule has 2 heterocycles. The van der Waals surface area contributed by atoms with E-state index in [4.69, 9.17) is 4.42 Å². The van der Waals surface area contributed by atoms with Crippen molar-refractivity contribution < 1.29 is 9.21 Å². The molecule has 0 saturated heterocycles. The number of imidazole rings is 1. The first-order chi connectivity index (χ1) is 12.9. The number of H-pyrrole nitrogens is 1. The van der Waals surface area contributed by atoms with E-state index < -0.39 is 0 Å². The molecule has 1 amide bonds. The fourth-order valence-corrected chi connectivity index (χ4v) is 3.45. The first-order valence-corrected chi connectivity index (χ1v) is 9.15. The van der Waals surface area contributed by atoms with Crippen LogP contribution >= 0.6 is 0 Å². The van der Waals surface area contributed by atoms with Crippen LogP contribution in [0.3, 0.4) is 0 Å². The van der Waals surface area contributed by atoms with E-state index in [1.807, 2.05) is 19.1 Å². The number of rotatable bonds is 5. The molecule has 1 aliphatic rings. The summed E-state index contributed by atoms with van der Waals surface area (Å²) in [5.41, 5.74) is 1.93. The largest absolute Gasteiger partial charge is 0.464 e. The van der Waals surface area contributed by atoms with Crippen molar-refractivity contribution in [3.8, 4) is 5.69 Å². The zero-order chi connectivity index (χ0) is 19.1. The minimum absolute atomic E-state index is 0.0857. The van der Waals surface area contributed by atoms with Gasteiger partial charge in [0.1, 0.15) is 11.5 Å². The molecule has 0 bridgehead atoms. The third-order valence-corrected chi connectivity index (χ3v) is 5.23. The van der Waals surface area contributed by atoms with Crippen LogP contribution in [0.5, 0.6) is 0 Å². The number of aromatic amines is 1. The molecular formula is C21H23N3O3. The maximum Gasteiger partial charge on any atom is 0.330 e. The number of carbonyl (C=O) groups excluding carboxylic acids is 1. The number of carbonyl (C=O) groups is 1. The van der Waals surface area contributed by atoms with Gasteiger partial charge in [0.2, 0.25) is 0 Å². The van der Waals surface area contributed by atoms with Crippen LogP contribution in [-0.4, -0.2) is 27.4 Å². The summed E-state index contributed by atoms with van der Waals surface area (Å²) < 4.78 is 7.46. The zero-order valence-electron chi connectivity index (χ0n) is 15.7. The predicted molar refractivity (Wildman–Crippen MR) is 102 cm³/mol. The molecule has 140 valence electrons. The van der Waals surface area contributed by atoms with Crippen LogP contribution in [0, 0.1) is 12.8 Å². The second-order valence-corrected chi connectivity index (χ2v) is 7.40. The van der Waals surface area contributed by atoms with Crippen molar-refractivity contribution in [3.05, 3.63) is 75.9 Å². The smallest absolute Gasteiger partial charge is 0.330 e. The summed E-state index contributed by atoms with van der Waals surface area (Å²) in [7, 11) is 1.76. The number of amides is 1. The molecule has 6 heteroatoms. The van der Waals surface area contributed by atoms with Crippen LogP contribution in [0.4, 0.5) is 0 Å². The Morgan fingerprint density at radius 2 is 1.96 bits per heavy atom. The van der Waals surface area contributed by atoms with Gasteiger partial charge in [0.15, 0.2) is 0 Å². The number of nitrogens with zero attached hydrogens (tertiary/aromatic N) is 2. The van der Waals surface area contributed by atoms with Crippen molar-refractivity contribution in [2.75, 3.05) is 7.05 Å². The van der Waals surface area contributed by atoms with Gasteiger partial charge in [-0.15, -0.1) is 0 Å². The Hall–Kier alpha value is -3.02. The summed E-state index contributed by atoms with van der Waals surface area (Å²) in [5, 5.41) is 0. The van der Waals surface area contributed by atoms with Gasteiger partial charge in [0.05, 0.1) is 12.2 Å². The van der Waals surface area contributed by atoms with E-state index in [0.717, 1.165) is 22.9 Å². The van der Waals surface area contributed by atoms with Gasteiger partial charge in [-0.1, -0.05) is 6.92 Å². The number of aromatic nitrogens is 2. The highest BCUT2D eigenvalue weighted by molar-refractivity contribution is 5.94. The lowest BCUT2D eigenvalue weighted by Gasteiger charge is -2.16. The Bertz CT molecular complexity index is 1030. The van der Waals surface area contributed by atoms with Crippen LogP contribution in [0.2, 0.25) is 0 Å². The molecule has 4 rings (SSSR count). The summed E-state index contributed by atoms with van der Waals surface area (Å²) >= 11 is 0. The molecular weight excluding hydrogens is 342 g/mol. The Labute approximate surface area is 157 Å². The van der Waals surface area contributed by atoms with Gasteiger partial charge in [0, 0.05) is 30.4 Å². The van der Waals surface area contributed by atoms with Gasteiger partial charge in [-0.3, -0.25) is 9.36 Å². The standard InChI is InChI=1S/C21H23N3O3/c1-13-10-18(13)19-9-8-17(27-19)12-23(3)20(25)15-4-6-16(7-5-15)24-14(2)11-22-21(24)26/h4-9,11,13,18H,10,12H2,1-3H3,(H,22,26)/t13-,18-/m0/s1. The van der Waals surface area contributed by atoms with Crippen LogP contribution < -0.4 is 5.69 Å². The molecule has 2 atom stereocenters. The second kappa shape index (κ2) is 6.61. The maximum absolute atomic E-state index is 12.7. The molecule has 0 aliphatic heterocycles. The van der Waals surface area contributed by atoms with E-state index in [1.54, 1.807) is 47.0 Å². The third-order valence-electron chi connectivity index (χ3n) is 5.23. The molecule has 3 aromatic rings. The van der Waals surface area contributed by atoms with Gasteiger partial charge in [-0.2, -0.15) is 0 Å². The Kier molecular flexibility index (Phi) is 4.26. The molecule has 6 nitrogen and oxygen atoms in total. The first-order valence-electron chi connectivity index (χ1n) is 9.15. The minimum atomic E-state index is -0.192. The van der Waals surface area contributed by atoms with Gasteiger partial charge in [-0.25, -0.2) is 4.79 Å². The number of furan rings is 1. The third kappa shape index (κ3) is 3.35. The van der Waals surface area contributed by atoms with Crippen molar-refractivity contribution >= 4 is 5.91 Å². The normalized spacial score (nSPS) is 18.5. The van der Waals surface area contributed by atoms with Crippen molar-refractivity contribution in [3.63, 3.8) is 0 Å². The number of nitrogens with one attached hydrogen (secondary N) is 1. The highest BCUT2D eigenvalue weighted by Gasteiger charge is 2.36. The van der Waals surface area contributed by atoms with E-state index in [1.165, 1.54) is 6.42 Å². The summed E-state index contributed by atoms with van der Waals surface area (Å²) in [6.07, 6.45) is 2.84. The minimum Gasteiger partial charge on any atom is -0.464 e. The van der Waals surface area contributed by atoms with E-state index in [9.17, 15) is 9.59 Å². The molecule has 1 N–H and O–H groups in total. The Morgan fingerprint density at radius 3 is 2.56 bits per heavy atom. The lowest BCUT2D eigenvalue weighted by Crippen LogP contribution is -2.26. The topological polar surface area (TPSA) is 71.2 Å². The molecule has 0 spiro atoms. The quantitative estimate of drug-likeness (QED) is 0.753. The van der Waals surface area contributed by atoms with Crippen LogP contribution in [-0.2, 0) is 6.54 Å². The fraction of sp³-hybridized carbons (Fsp3) is 0.333. The number of hydrogen-bond acceptors (Lipinski definition) is 3. The van der Waals surface area contributed by atoms with Gasteiger partial charge >= 0.3 is 5.69 Å². The lowest BCUT2D eigenvalue weighted by atomic mass is 10.1. The Balaban J connectivity index is 1.45. The van der Waals surface area contributed by atoms with Gasteiger partial charge in [0.25, 0.3) is 5.91 Å². The van der Waals surface area contributed by atoms with Crippen LogP contribution in [0.25, 0.3) is 5.69 Å². The predicted octanol–water partition coefficient (Wildman–Crippen LogP) is 3.46. The summed E-state index contributed by atoms with van der Waals surface area (Å²) in [6, 6.07) is 11.0. The molecule has 27 heavy (non-hydrogen) atoms. The molecule has 2 aromatic heterocycles. The Morgan fingerprint density at radius 1 is 1.26 bits per heavy atom. The molecule has 1 aliphatic carbocycles. The number of aryl methyl sites for hydroxylation is 1. The first kappa shape index (κ1) is 17.4. The van der Waals surface area contributed by atoms with Crippen molar-refractivity contribution in [2.24, 2.45) is 5.92 Å². The van der Waals surface area contributed by atoms with Crippen molar-refractivity contribution in [1.82, 2.24) is 14.5 Å². The number of hydrogen-bond donors (Lipinski definition) is 1. The number of benzene rings is 1. The molecule has 0 radical (unpaired) electrons. The average Bonchev–Trinajstić information content (AvgIpc) is 3.05. The van der Waals surface area contributed by atoms with Gasteiger partial charge in [-0.05, 0) is 55.7 Å². The van der Waals surface area contributed by atoms with Crippen molar-refractivity contribution in [1.29, 1.82) is 0 Å². The molecule has 0 unspecified atom stereocenters. The highest BCUT2D eigenvalue weighted by Crippen LogP contribution is 2.47. The van der Waals surface area contributed by atoms with E-state index in [2.05, 4.69) is 11.9 Å². The lowest BCUT2D eigenvalue weighted by molar-refractivity contribution is 0.0775. The molecule has 1 fully saturated rings. The summed E-state index contributed by atoms with van der Waals surface area (Å²) in [6.45, 7) is 4.50. The van der Waals surface area contributed by atoms with E-state index >= 15 is 0 Å². The maximum atomic E-state index is 12.7. The molecule has 1 saturated carbocycles.